The first-order chi connectivity index (χ1) is 5.65. The molecule has 1 fully saturated rings. The molecule has 12 heavy (non-hydrogen) atoms. The van der Waals surface area contributed by atoms with Crippen molar-refractivity contribution in [2.24, 2.45) is 5.73 Å². The van der Waals surface area contributed by atoms with Gasteiger partial charge in [0.1, 0.15) is 0 Å². The third kappa shape index (κ3) is 2.17. The van der Waals surface area contributed by atoms with E-state index in [0.717, 1.165) is 12.8 Å². The highest BCUT2D eigenvalue weighted by Crippen LogP contribution is 2.22. The van der Waals surface area contributed by atoms with Gasteiger partial charge in [-0.2, -0.15) is 0 Å². The lowest BCUT2D eigenvalue weighted by Gasteiger charge is -2.22. The van der Waals surface area contributed by atoms with E-state index in [-0.39, 0.29) is 18.8 Å². The van der Waals surface area contributed by atoms with Gasteiger partial charge in [-0.3, -0.25) is 0 Å². The number of rotatable bonds is 3. The smallest absolute Gasteiger partial charge is 0.0974 e. The van der Waals surface area contributed by atoms with Crippen molar-refractivity contribution in [2.75, 3.05) is 6.61 Å². The predicted octanol–water partition coefficient (Wildman–Crippen LogP) is -0.766. The van der Waals surface area contributed by atoms with Crippen molar-refractivity contribution in [3.05, 3.63) is 0 Å². The quantitative estimate of drug-likeness (QED) is 0.526. The molecular weight excluding hydrogens is 158 g/mol. The average Bonchev–Trinajstić information content (AvgIpc) is 2.49. The molecule has 4 atom stereocenters. The van der Waals surface area contributed by atoms with Crippen LogP contribution in [0.1, 0.15) is 19.8 Å². The van der Waals surface area contributed by atoms with Crippen LogP contribution >= 0.6 is 0 Å². The fourth-order valence-corrected chi connectivity index (χ4v) is 1.47. The van der Waals surface area contributed by atoms with E-state index in [1.54, 1.807) is 0 Å². The van der Waals surface area contributed by atoms with Crippen molar-refractivity contribution >= 4 is 0 Å². The molecule has 4 unspecified atom stereocenters. The Balaban J connectivity index is 2.37. The Morgan fingerprint density at radius 1 is 1.58 bits per heavy atom. The molecule has 72 valence electrons. The van der Waals surface area contributed by atoms with Crippen molar-refractivity contribution < 1.29 is 14.9 Å². The van der Waals surface area contributed by atoms with Gasteiger partial charge in [-0.1, -0.05) is 0 Å². The highest BCUT2D eigenvalue weighted by atomic mass is 16.5. The van der Waals surface area contributed by atoms with Crippen LogP contribution in [-0.4, -0.2) is 41.2 Å². The Bertz CT molecular complexity index is 142. The summed E-state index contributed by atoms with van der Waals surface area (Å²) in [5, 5.41) is 18.2. The van der Waals surface area contributed by atoms with Gasteiger partial charge in [0.25, 0.3) is 0 Å². The van der Waals surface area contributed by atoms with Crippen LogP contribution in [0.4, 0.5) is 0 Å². The monoisotopic (exact) mass is 175 g/mol. The normalized spacial score (nSPS) is 35.0. The van der Waals surface area contributed by atoms with Crippen LogP contribution in [-0.2, 0) is 4.74 Å². The van der Waals surface area contributed by atoms with E-state index in [2.05, 4.69) is 0 Å². The highest BCUT2D eigenvalue weighted by molar-refractivity contribution is 4.83. The maximum Gasteiger partial charge on any atom is 0.0974 e. The number of aliphatic hydroxyl groups excluding tert-OH is 2. The van der Waals surface area contributed by atoms with Gasteiger partial charge in [-0.05, 0) is 19.8 Å². The number of nitrogens with two attached hydrogens (primary N) is 1. The summed E-state index contributed by atoms with van der Waals surface area (Å²) in [5.74, 6) is 0. The molecule has 1 heterocycles. The van der Waals surface area contributed by atoms with E-state index in [4.69, 9.17) is 15.6 Å². The van der Waals surface area contributed by atoms with Crippen molar-refractivity contribution in [2.45, 2.75) is 44.1 Å². The number of aliphatic hydroxyl groups is 2. The molecule has 0 bridgehead atoms. The molecule has 0 aromatic carbocycles. The lowest BCUT2D eigenvalue weighted by atomic mass is 10.0. The molecule has 1 saturated heterocycles. The lowest BCUT2D eigenvalue weighted by Crippen LogP contribution is -2.45. The summed E-state index contributed by atoms with van der Waals surface area (Å²) >= 11 is 0. The zero-order valence-electron chi connectivity index (χ0n) is 7.31. The van der Waals surface area contributed by atoms with E-state index in [1.165, 1.54) is 0 Å². The molecular formula is C8H17NO3. The number of hydrogen-bond acceptors (Lipinski definition) is 4. The van der Waals surface area contributed by atoms with E-state index < -0.39 is 12.1 Å². The average molecular weight is 175 g/mol. The van der Waals surface area contributed by atoms with E-state index in [1.807, 2.05) is 6.92 Å². The van der Waals surface area contributed by atoms with Crippen molar-refractivity contribution in [1.29, 1.82) is 0 Å². The second-order valence-corrected chi connectivity index (χ2v) is 3.40. The molecule has 0 radical (unpaired) electrons. The second-order valence-electron chi connectivity index (χ2n) is 3.40. The molecule has 1 rings (SSSR count). The molecule has 0 spiro atoms. The molecule has 0 saturated carbocycles. The van der Waals surface area contributed by atoms with Gasteiger partial charge in [-0.25, -0.2) is 0 Å². The Labute approximate surface area is 72.3 Å². The fraction of sp³-hybridized carbons (Fsp3) is 1.00. The first kappa shape index (κ1) is 9.92. The maximum absolute atomic E-state index is 9.53. The molecule has 0 aromatic heterocycles. The van der Waals surface area contributed by atoms with Crippen molar-refractivity contribution in [1.82, 2.24) is 0 Å². The molecule has 0 aromatic rings. The van der Waals surface area contributed by atoms with Crippen LogP contribution < -0.4 is 5.73 Å². The third-order valence-corrected chi connectivity index (χ3v) is 2.30. The first-order valence-corrected chi connectivity index (χ1v) is 4.35. The minimum absolute atomic E-state index is 0.192. The van der Waals surface area contributed by atoms with Crippen LogP contribution in [0.5, 0.6) is 0 Å². The maximum atomic E-state index is 9.53. The topological polar surface area (TPSA) is 75.7 Å². The number of hydrogen-bond donors (Lipinski definition) is 3. The second kappa shape index (κ2) is 4.18. The fourth-order valence-electron chi connectivity index (χ4n) is 1.47. The van der Waals surface area contributed by atoms with Crippen LogP contribution in [0.2, 0.25) is 0 Å². The third-order valence-electron chi connectivity index (χ3n) is 2.30. The Kier molecular flexibility index (Phi) is 3.46. The molecule has 4 nitrogen and oxygen atoms in total. The van der Waals surface area contributed by atoms with E-state index in [0.29, 0.717) is 0 Å². The zero-order valence-corrected chi connectivity index (χ0v) is 7.31. The van der Waals surface area contributed by atoms with E-state index >= 15 is 0 Å². The van der Waals surface area contributed by atoms with Crippen LogP contribution in [0.25, 0.3) is 0 Å². The summed E-state index contributed by atoms with van der Waals surface area (Å²) in [6.45, 7) is 1.77. The molecule has 0 amide bonds. The summed E-state index contributed by atoms with van der Waals surface area (Å²) in [5.41, 5.74) is 5.46. The Morgan fingerprint density at radius 3 is 2.67 bits per heavy atom. The van der Waals surface area contributed by atoms with E-state index in [9.17, 15) is 5.11 Å². The minimum Gasteiger partial charge on any atom is -0.395 e. The summed E-state index contributed by atoms with van der Waals surface area (Å²) in [6.07, 6.45) is 1.06. The van der Waals surface area contributed by atoms with Gasteiger partial charge in [0.15, 0.2) is 0 Å². The van der Waals surface area contributed by atoms with Crippen LogP contribution in [0.15, 0.2) is 0 Å². The largest absolute Gasteiger partial charge is 0.395 e. The van der Waals surface area contributed by atoms with Crippen molar-refractivity contribution in [3.63, 3.8) is 0 Å². The van der Waals surface area contributed by atoms with Gasteiger partial charge < -0.3 is 20.7 Å². The zero-order chi connectivity index (χ0) is 9.14. The predicted molar refractivity (Wildman–Crippen MR) is 44.6 cm³/mol. The molecule has 4 heteroatoms. The number of ether oxygens (including phenoxy) is 1. The van der Waals surface area contributed by atoms with Gasteiger partial charge in [0.2, 0.25) is 0 Å². The molecule has 0 aliphatic carbocycles. The summed E-state index contributed by atoms with van der Waals surface area (Å²) in [7, 11) is 0. The highest BCUT2D eigenvalue weighted by Gasteiger charge is 2.31. The standard InChI is InChI=1S/C8H17NO3/c1-5-2-3-7(12-5)8(11)6(9)4-10/h5-8,10-11H,2-4,9H2,1H3. The van der Waals surface area contributed by atoms with Crippen LogP contribution in [0, 0.1) is 0 Å². The Morgan fingerprint density at radius 2 is 2.25 bits per heavy atom. The lowest BCUT2D eigenvalue weighted by molar-refractivity contribution is -0.0448. The summed E-state index contributed by atoms with van der Waals surface area (Å²) in [6, 6.07) is -0.583. The summed E-state index contributed by atoms with van der Waals surface area (Å²) < 4.78 is 5.40. The van der Waals surface area contributed by atoms with Gasteiger partial charge >= 0.3 is 0 Å². The summed E-state index contributed by atoms with van der Waals surface area (Å²) in [4.78, 5) is 0. The van der Waals surface area contributed by atoms with Gasteiger partial charge in [0.05, 0.1) is 31.0 Å². The first-order valence-electron chi connectivity index (χ1n) is 4.35. The molecule has 1 aliphatic rings. The minimum atomic E-state index is -0.736. The van der Waals surface area contributed by atoms with Gasteiger partial charge in [0, 0.05) is 0 Å². The Hall–Kier alpha value is -0.160. The van der Waals surface area contributed by atoms with Gasteiger partial charge in [-0.15, -0.1) is 0 Å². The molecule has 1 aliphatic heterocycles. The molecule has 4 N–H and O–H groups in total. The van der Waals surface area contributed by atoms with Crippen LogP contribution in [0.3, 0.4) is 0 Å². The van der Waals surface area contributed by atoms with Crippen molar-refractivity contribution in [3.8, 4) is 0 Å². The SMILES string of the molecule is CC1CCC(C(O)C(N)CO)O1.